The predicted molar refractivity (Wildman–Crippen MR) is 89.1 cm³/mol. The fourth-order valence-corrected chi connectivity index (χ4v) is 3.30. The molecule has 2 heterocycles. The summed E-state index contributed by atoms with van der Waals surface area (Å²) in [6.45, 7) is 4.57. The van der Waals surface area contributed by atoms with E-state index in [1.54, 1.807) is 24.3 Å². The lowest BCUT2D eigenvalue weighted by molar-refractivity contribution is -0.0390. The first-order valence-corrected chi connectivity index (χ1v) is 8.16. The van der Waals surface area contributed by atoms with Crippen molar-refractivity contribution in [3.8, 4) is 0 Å². The first-order chi connectivity index (χ1) is 11.5. The van der Waals surface area contributed by atoms with Crippen LogP contribution in [0, 0.1) is 0 Å². The number of esters is 1. The lowest BCUT2D eigenvalue weighted by Crippen LogP contribution is -2.45. The average Bonchev–Trinajstić information content (AvgIpc) is 2.95. The van der Waals surface area contributed by atoms with E-state index in [-0.39, 0.29) is 18.2 Å². The summed E-state index contributed by atoms with van der Waals surface area (Å²) in [7, 11) is 1.34. The number of urea groups is 1. The van der Waals surface area contributed by atoms with E-state index in [1.165, 1.54) is 7.11 Å². The Balaban J connectivity index is 1.50. The van der Waals surface area contributed by atoms with Crippen LogP contribution in [0.2, 0.25) is 0 Å². The number of ether oxygens (including phenoxy) is 2. The summed E-state index contributed by atoms with van der Waals surface area (Å²) < 4.78 is 10.3. The second-order valence-electron chi connectivity index (χ2n) is 6.35. The number of hydrogen-bond donors (Lipinski definition) is 2. The molecule has 7 nitrogen and oxygen atoms in total. The summed E-state index contributed by atoms with van der Waals surface area (Å²) in [4.78, 5) is 25.9. The summed E-state index contributed by atoms with van der Waals surface area (Å²) in [5, 5.41) is 5.80. The number of carbonyl (C=O) groups excluding carboxylic acids is 2. The topological polar surface area (TPSA) is 79.9 Å². The Morgan fingerprint density at radius 3 is 2.71 bits per heavy atom. The molecule has 2 amide bonds. The molecule has 2 saturated heterocycles. The van der Waals surface area contributed by atoms with E-state index in [2.05, 4.69) is 27.2 Å². The molecule has 0 aromatic heterocycles. The van der Waals surface area contributed by atoms with Gasteiger partial charge in [-0.15, -0.1) is 0 Å². The minimum Gasteiger partial charge on any atom is -0.465 e. The van der Waals surface area contributed by atoms with Crippen molar-refractivity contribution in [2.45, 2.75) is 31.5 Å². The van der Waals surface area contributed by atoms with Gasteiger partial charge < -0.3 is 20.1 Å². The Labute approximate surface area is 141 Å². The van der Waals surface area contributed by atoms with E-state index >= 15 is 0 Å². The van der Waals surface area contributed by atoms with Crippen LogP contribution in [0.5, 0.6) is 0 Å². The van der Waals surface area contributed by atoms with Gasteiger partial charge in [-0.05, 0) is 37.6 Å². The van der Waals surface area contributed by atoms with Gasteiger partial charge in [0.2, 0.25) is 0 Å². The molecule has 2 aliphatic heterocycles. The molecule has 3 rings (SSSR count). The number of hydrogen-bond acceptors (Lipinski definition) is 5. The zero-order valence-corrected chi connectivity index (χ0v) is 14.0. The lowest BCUT2D eigenvalue weighted by atomic mass is 10.1. The number of nitrogens with one attached hydrogen (secondary N) is 2. The molecule has 0 aliphatic carbocycles. The molecule has 1 aromatic rings. The number of fused-ring (bicyclic) bond motifs is 1. The van der Waals surface area contributed by atoms with Crippen molar-refractivity contribution >= 4 is 17.7 Å². The monoisotopic (exact) mass is 333 g/mol. The van der Waals surface area contributed by atoms with E-state index in [0.29, 0.717) is 17.3 Å². The molecule has 1 aromatic carbocycles. The van der Waals surface area contributed by atoms with Crippen LogP contribution in [0.25, 0.3) is 0 Å². The van der Waals surface area contributed by atoms with E-state index in [0.717, 1.165) is 26.1 Å². The molecule has 2 N–H and O–H groups in total. The SMILES string of the molecule is COC(=O)c1ccc(NC(=O)N[C@@H]2C[C@H]3CO[C@@H](C)CN3C2)cc1. The number of amides is 2. The number of methoxy groups -OCH3 is 1. The van der Waals surface area contributed by atoms with Gasteiger partial charge in [0.05, 0.1) is 25.4 Å². The quantitative estimate of drug-likeness (QED) is 0.819. The Kier molecular flexibility index (Phi) is 5.01. The number of anilines is 1. The van der Waals surface area contributed by atoms with Crippen molar-refractivity contribution in [3.63, 3.8) is 0 Å². The Morgan fingerprint density at radius 2 is 2.00 bits per heavy atom. The Hall–Kier alpha value is -2.12. The van der Waals surface area contributed by atoms with Crippen molar-refractivity contribution in [1.82, 2.24) is 10.2 Å². The molecule has 0 saturated carbocycles. The standard InChI is InChI=1S/C17H23N3O4/c1-11-8-20-9-14(7-15(20)10-24-11)19-17(22)18-13-5-3-12(4-6-13)16(21)23-2/h3-6,11,14-15H,7-10H2,1-2H3,(H2,18,19,22)/t11-,14+,15-/m0/s1. The van der Waals surface area contributed by atoms with Crippen LogP contribution in [0.3, 0.4) is 0 Å². The molecule has 0 unspecified atom stereocenters. The molecule has 24 heavy (non-hydrogen) atoms. The number of carbonyl (C=O) groups is 2. The Bertz CT molecular complexity index is 604. The summed E-state index contributed by atoms with van der Waals surface area (Å²) >= 11 is 0. The van der Waals surface area contributed by atoms with Crippen molar-refractivity contribution in [3.05, 3.63) is 29.8 Å². The number of benzene rings is 1. The smallest absolute Gasteiger partial charge is 0.337 e. The van der Waals surface area contributed by atoms with Crippen LogP contribution in [-0.4, -0.2) is 61.9 Å². The van der Waals surface area contributed by atoms with Gasteiger partial charge in [0.1, 0.15) is 0 Å². The average molecular weight is 333 g/mol. The van der Waals surface area contributed by atoms with Crippen molar-refractivity contribution in [2.75, 3.05) is 32.1 Å². The van der Waals surface area contributed by atoms with Gasteiger partial charge in [-0.3, -0.25) is 4.90 Å². The van der Waals surface area contributed by atoms with Crippen molar-refractivity contribution < 1.29 is 19.1 Å². The van der Waals surface area contributed by atoms with E-state index in [1.807, 2.05) is 0 Å². The summed E-state index contributed by atoms with van der Waals surface area (Å²) in [6, 6.07) is 6.88. The van der Waals surface area contributed by atoms with Crippen LogP contribution >= 0.6 is 0 Å². The second-order valence-corrected chi connectivity index (χ2v) is 6.35. The van der Waals surface area contributed by atoms with Crippen LogP contribution < -0.4 is 10.6 Å². The van der Waals surface area contributed by atoms with Gasteiger partial charge in [-0.25, -0.2) is 9.59 Å². The zero-order valence-electron chi connectivity index (χ0n) is 14.0. The molecule has 0 radical (unpaired) electrons. The largest absolute Gasteiger partial charge is 0.465 e. The number of morpholine rings is 1. The highest BCUT2D eigenvalue weighted by molar-refractivity contribution is 5.92. The van der Waals surface area contributed by atoms with Gasteiger partial charge in [-0.2, -0.15) is 0 Å². The number of nitrogens with zero attached hydrogens (tertiary/aromatic N) is 1. The van der Waals surface area contributed by atoms with Crippen LogP contribution in [0.1, 0.15) is 23.7 Å². The van der Waals surface area contributed by atoms with E-state index in [4.69, 9.17) is 4.74 Å². The lowest BCUT2D eigenvalue weighted by Gasteiger charge is -2.33. The van der Waals surface area contributed by atoms with Crippen molar-refractivity contribution in [2.24, 2.45) is 0 Å². The molecule has 0 spiro atoms. The molecular formula is C17H23N3O4. The fraction of sp³-hybridized carbons (Fsp3) is 0.529. The summed E-state index contributed by atoms with van der Waals surface area (Å²) in [5.41, 5.74) is 1.08. The normalized spacial score (nSPS) is 26.5. The minimum absolute atomic E-state index is 0.123. The van der Waals surface area contributed by atoms with Gasteiger partial charge in [0, 0.05) is 30.9 Å². The summed E-state index contributed by atoms with van der Waals surface area (Å²) in [6.07, 6.45) is 1.16. The van der Waals surface area contributed by atoms with Crippen LogP contribution in [-0.2, 0) is 9.47 Å². The van der Waals surface area contributed by atoms with Crippen molar-refractivity contribution in [1.29, 1.82) is 0 Å². The first kappa shape index (κ1) is 16.7. The maximum atomic E-state index is 12.1. The molecule has 0 bridgehead atoms. The number of rotatable bonds is 3. The highest BCUT2D eigenvalue weighted by Gasteiger charge is 2.36. The van der Waals surface area contributed by atoms with Gasteiger partial charge in [0.25, 0.3) is 0 Å². The maximum absolute atomic E-state index is 12.1. The highest BCUT2D eigenvalue weighted by atomic mass is 16.5. The second kappa shape index (κ2) is 7.19. The third-order valence-corrected chi connectivity index (χ3v) is 4.49. The highest BCUT2D eigenvalue weighted by Crippen LogP contribution is 2.23. The third kappa shape index (κ3) is 3.85. The molecule has 3 atom stereocenters. The van der Waals surface area contributed by atoms with Crippen LogP contribution in [0.15, 0.2) is 24.3 Å². The molecule has 2 fully saturated rings. The molecule has 7 heteroatoms. The minimum atomic E-state index is -0.398. The van der Waals surface area contributed by atoms with Gasteiger partial charge in [0.15, 0.2) is 0 Å². The van der Waals surface area contributed by atoms with Gasteiger partial charge in [-0.1, -0.05) is 0 Å². The summed E-state index contributed by atoms with van der Waals surface area (Å²) in [5.74, 6) is -0.398. The molecular weight excluding hydrogens is 310 g/mol. The van der Waals surface area contributed by atoms with E-state index in [9.17, 15) is 9.59 Å². The zero-order chi connectivity index (χ0) is 17.1. The maximum Gasteiger partial charge on any atom is 0.337 e. The third-order valence-electron chi connectivity index (χ3n) is 4.49. The van der Waals surface area contributed by atoms with Crippen LogP contribution in [0.4, 0.5) is 10.5 Å². The Morgan fingerprint density at radius 1 is 1.25 bits per heavy atom. The molecule has 130 valence electrons. The predicted octanol–water partition coefficient (Wildman–Crippen LogP) is 1.46. The van der Waals surface area contributed by atoms with E-state index < -0.39 is 5.97 Å². The fourth-order valence-electron chi connectivity index (χ4n) is 3.30. The van der Waals surface area contributed by atoms with Gasteiger partial charge >= 0.3 is 12.0 Å². The molecule has 2 aliphatic rings. The first-order valence-electron chi connectivity index (χ1n) is 8.16.